The summed E-state index contributed by atoms with van der Waals surface area (Å²) >= 11 is 0. The molecule has 1 aromatic carbocycles. The van der Waals surface area contributed by atoms with E-state index in [1.807, 2.05) is 45.0 Å². The van der Waals surface area contributed by atoms with Crippen LogP contribution in [-0.2, 0) is 20.9 Å². The maximum atomic E-state index is 12.4. The fourth-order valence-electron chi connectivity index (χ4n) is 3.02. The molecule has 0 spiro atoms. The van der Waals surface area contributed by atoms with Gasteiger partial charge in [-0.2, -0.15) is 0 Å². The molecule has 0 unspecified atom stereocenters. The van der Waals surface area contributed by atoms with Gasteiger partial charge < -0.3 is 10.1 Å². The number of aryl methyl sites for hydroxylation is 1. The minimum atomic E-state index is -0.243. The van der Waals surface area contributed by atoms with Crippen LogP contribution < -0.4 is 5.32 Å². The Morgan fingerprint density at radius 1 is 1.33 bits per heavy atom. The lowest BCUT2D eigenvalue weighted by molar-refractivity contribution is -0.151. The van der Waals surface area contributed by atoms with Gasteiger partial charge in [0.25, 0.3) is 0 Å². The van der Waals surface area contributed by atoms with E-state index in [9.17, 15) is 9.59 Å². The molecule has 0 saturated carbocycles. The van der Waals surface area contributed by atoms with E-state index in [-0.39, 0.29) is 23.8 Å². The van der Waals surface area contributed by atoms with Gasteiger partial charge in [-0.15, -0.1) is 0 Å². The highest BCUT2D eigenvalue weighted by Gasteiger charge is 2.31. The molecule has 2 rings (SSSR count). The van der Waals surface area contributed by atoms with Gasteiger partial charge in [-0.1, -0.05) is 29.8 Å². The van der Waals surface area contributed by atoms with Gasteiger partial charge in [-0.3, -0.25) is 14.5 Å². The quantitative estimate of drug-likeness (QED) is 0.812. The standard InChI is InChI=1S/C19H28N2O3/c1-4-24-19(23)17-6-5-11-21(13-17)15(3)18(22)20-12-16-9-7-14(2)8-10-16/h7-10,15,17H,4-6,11-13H2,1-3H3,(H,20,22)/t15-,17+/m1/s1. The number of nitrogens with zero attached hydrogens (tertiary/aromatic N) is 1. The van der Waals surface area contributed by atoms with Crippen molar-refractivity contribution in [2.24, 2.45) is 5.92 Å². The summed E-state index contributed by atoms with van der Waals surface area (Å²) in [6.45, 7) is 8.13. The molecule has 1 heterocycles. The van der Waals surface area contributed by atoms with Crippen molar-refractivity contribution in [1.82, 2.24) is 10.2 Å². The summed E-state index contributed by atoms with van der Waals surface area (Å²) in [6.07, 6.45) is 1.76. The highest BCUT2D eigenvalue weighted by Crippen LogP contribution is 2.20. The summed E-state index contributed by atoms with van der Waals surface area (Å²) in [6, 6.07) is 7.89. The predicted octanol–water partition coefficient (Wildman–Crippen LogP) is 2.27. The number of carbonyl (C=O) groups excluding carboxylic acids is 2. The van der Waals surface area contributed by atoms with E-state index < -0.39 is 0 Å². The van der Waals surface area contributed by atoms with Gasteiger partial charge in [-0.05, 0) is 45.7 Å². The van der Waals surface area contributed by atoms with Crippen LogP contribution in [0.2, 0.25) is 0 Å². The Hall–Kier alpha value is -1.88. The summed E-state index contributed by atoms with van der Waals surface area (Å²) in [7, 11) is 0. The van der Waals surface area contributed by atoms with E-state index in [1.165, 1.54) is 5.56 Å². The minimum absolute atomic E-state index is 0.0000777. The van der Waals surface area contributed by atoms with Gasteiger partial charge >= 0.3 is 5.97 Å². The Labute approximate surface area is 144 Å². The minimum Gasteiger partial charge on any atom is -0.466 e. The zero-order valence-electron chi connectivity index (χ0n) is 14.9. The van der Waals surface area contributed by atoms with Crippen LogP contribution in [-0.4, -0.2) is 42.5 Å². The first-order valence-electron chi connectivity index (χ1n) is 8.75. The fourth-order valence-corrected chi connectivity index (χ4v) is 3.02. The lowest BCUT2D eigenvalue weighted by atomic mass is 9.97. The largest absolute Gasteiger partial charge is 0.466 e. The first-order chi connectivity index (χ1) is 11.5. The summed E-state index contributed by atoms with van der Waals surface area (Å²) in [5.74, 6) is -0.263. The molecule has 0 aromatic heterocycles. The SMILES string of the molecule is CCOC(=O)[C@H]1CCCN([C@H](C)C(=O)NCc2ccc(C)cc2)C1. The van der Waals surface area contributed by atoms with Crippen LogP contribution in [0.5, 0.6) is 0 Å². The van der Waals surface area contributed by atoms with Crippen molar-refractivity contribution < 1.29 is 14.3 Å². The Kier molecular flexibility index (Phi) is 6.79. The van der Waals surface area contributed by atoms with Crippen molar-refractivity contribution in [3.63, 3.8) is 0 Å². The molecule has 0 bridgehead atoms. The number of benzene rings is 1. The van der Waals surface area contributed by atoms with Crippen molar-refractivity contribution >= 4 is 11.9 Å². The van der Waals surface area contributed by atoms with E-state index in [2.05, 4.69) is 10.2 Å². The average Bonchev–Trinajstić information content (AvgIpc) is 2.60. The molecule has 1 aromatic rings. The lowest BCUT2D eigenvalue weighted by Gasteiger charge is -2.35. The third-order valence-corrected chi connectivity index (χ3v) is 4.59. The highest BCUT2D eigenvalue weighted by molar-refractivity contribution is 5.81. The maximum absolute atomic E-state index is 12.4. The predicted molar refractivity (Wildman–Crippen MR) is 93.4 cm³/mol. The van der Waals surface area contributed by atoms with Crippen LogP contribution in [0.25, 0.3) is 0 Å². The second kappa shape index (κ2) is 8.83. The molecule has 1 saturated heterocycles. The molecule has 2 atom stereocenters. The van der Waals surface area contributed by atoms with E-state index >= 15 is 0 Å². The molecule has 132 valence electrons. The zero-order valence-corrected chi connectivity index (χ0v) is 14.9. The molecule has 1 aliphatic rings. The Morgan fingerprint density at radius 3 is 2.71 bits per heavy atom. The number of likely N-dealkylation sites (tertiary alicyclic amines) is 1. The van der Waals surface area contributed by atoms with Crippen molar-refractivity contribution in [3.05, 3.63) is 35.4 Å². The average molecular weight is 332 g/mol. The van der Waals surface area contributed by atoms with Crippen LogP contribution >= 0.6 is 0 Å². The van der Waals surface area contributed by atoms with Crippen LogP contribution in [0.1, 0.15) is 37.8 Å². The summed E-state index contributed by atoms with van der Waals surface area (Å²) < 4.78 is 5.12. The maximum Gasteiger partial charge on any atom is 0.310 e. The Bertz CT molecular complexity index is 556. The third kappa shape index (κ3) is 5.06. The second-order valence-corrected chi connectivity index (χ2v) is 6.47. The third-order valence-electron chi connectivity index (χ3n) is 4.59. The molecule has 1 fully saturated rings. The van der Waals surface area contributed by atoms with Gasteiger partial charge in [0, 0.05) is 13.1 Å². The van der Waals surface area contributed by atoms with Gasteiger partial charge in [0.2, 0.25) is 5.91 Å². The number of carbonyl (C=O) groups is 2. The van der Waals surface area contributed by atoms with Gasteiger partial charge in [0.05, 0.1) is 18.6 Å². The Morgan fingerprint density at radius 2 is 2.04 bits per heavy atom. The number of esters is 1. The smallest absolute Gasteiger partial charge is 0.310 e. The van der Waals surface area contributed by atoms with Crippen molar-refractivity contribution in [1.29, 1.82) is 0 Å². The van der Waals surface area contributed by atoms with E-state index in [0.29, 0.717) is 19.7 Å². The van der Waals surface area contributed by atoms with Crippen molar-refractivity contribution in [2.75, 3.05) is 19.7 Å². The van der Waals surface area contributed by atoms with Gasteiger partial charge in [-0.25, -0.2) is 0 Å². The normalized spacial score (nSPS) is 19.5. The van der Waals surface area contributed by atoms with Gasteiger partial charge in [0.15, 0.2) is 0 Å². The second-order valence-electron chi connectivity index (χ2n) is 6.47. The van der Waals surface area contributed by atoms with Crippen molar-refractivity contribution in [2.45, 2.75) is 46.2 Å². The zero-order chi connectivity index (χ0) is 17.5. The molecule has 1 amide bonds. The topological polar surface area (TPSA) is 58.6 Å². The number of nitrogens with one attached hydrogen (secondary N) is 1. The van der Waals surface area contributed by atoms with Crippen LogP contribution in [0, 0.1) is 12.8 Å². The molecule has 24 heavy (non-hydrogen) atoms. The molecular weight excluding hydrogens is 304 g/mol. The monoisotopic (exact) mass is 332 g/mol. The molecular formula is C19H28N2O3. The van der Waals surface area contributed by atoms with E-state index in [4.69, 9.17) is 4.74 Å². The van der Waals surface area contributed by atoms with Crippen LogP contribution in [0.15, 0.2) is 24.3 Å². The van der Waals surface area contributed by atoms with Crippen LogP contribution in [0.4, 0.5) is 0 Å². The number of amides is 1. The molecule has 0 radical (unpaired) electrons. The van der Waals surface area contributed by atoms with Gasteiger partial charge in [0.1, 0.15) is 0 Å². The number of hydrogen-bond acceptors (Lipinski definition) is 4. The number of piperidine rings is 1. The molecule has 0 aliphatic carbocycles. The molecule has 1 aliphatic heterocycles. The summed E-state index contributed by atoms with van der Waals surface area (Å²) in [5.41, 5.74) is 2.29. The van der Waals surface area contributed by atoms with Crippen molar-refractivity contribution in [3.8, 4) is 0 Å². The molecule has 1 N–H and O–H groups in total. The fraction of sp³-hybridized carbons (Fsp3) is 0.579. The number of rotatable bonds is 6. The molecule has 5 heteroatoms. The number of ether oxygens (including phenoxy) is 1. The lowest BCUT2D eigenvalue weighted by Crippen LogP contribution is -2.50. The number of hydrogen-bond donors (Lipinski definition) is 1. The first-order valence-corrected chi connectivity index (χ1v) is 8.75. The van der Waals surface area contributed by atoms with E-state index in [0.717, 1.165) is 24.9 Å². The summed E-state index contributed by atoms with van der Waals surface area (Å²) in [5, 5.41) is 2.99. The Balaban J connectivity index is 1.85. The summed E-state index contributed by atoms with van der Waals surface area (Å²) in [4.78, 5) is 26.4. The highest BCUT2D eigenvalue weighted by atomic mass is 16.5. The van der Waals surface area contributed by atoms with E-state index in [1.54, 1.807) is 0 Å². The molecule has 5 nitrogen and oxygen atoms in total. The first kappa shape index (κ1) is 18.5. The van der Waals surface area contributed by atoms with Crippen LogP contribution in [0.3, 0.4) is 0 Å².